The van der Waals surface area contributed by atoms with Crippen LogP contribution in [0, 0.1) is 6.61 Å². The molecule has 2 aromatic rings. The van der Waals surface area contributed by atoms with Crippen LogP contribution >= 0.6 is 0 Å². The largest absolute Gasteiger partial charge is 0.487 e. The zero-order valence-corrected chi connectivity index (χ0v) is 10.7. The first-order valence-corrected chi connectivity index (χ1v) is 6.06. The molecule has 1 radical (unpaired) electrons. The van der Waals surface area contributed by atoms with Gasteiger partial charge in [-0.1, -0.05) is 42.5 Å². The van der Waals surface area contributed by atoms with Gasteiger partial charge in [0.2, 0.25) is 0 Å². The van der Waals surface area contributed by atoms with Gasteiger partial charge >= 0.3 is 0 Å². The Hall–Kier alpha value is -1.96. The van der Waals surface area contributed by atoms with Gasteiger partial charge in [-0.05, 0) is 31.5 Å². The highest BCUT2D eigenvalue weighted by atomic mass is 16.5. The Morgan fingerprint density at radius 3 is 2.11 bits per heavy atom. The highest BCUT2D eigenvalue weighted by molar-refractivity contribution is 5.40. The average Bonchev–Trinajstić information content (AvgIpc) is 2.38. The van der Waals surface area contributed by atoms with E-state index >= 15 is 0 Å². The second-order valence-electron chi connectivity index (χ2n) is 4.26. The molecule has 93 valence electrons. The van der Waals surface area contributed by atoms with Crippen molar-refractivity contribution in [3.05, 3.63) is 66.8 Å². The van der Waals surface area contributed by atoms with Crippen molar-refractivity contribution in [2.75, 3.05) is 0 Å². The van der Waals surface area contributed by atoms with E-state index < -0.39 is 0 Å². The van der Waals surface area contributed by atoms with Crippen molar-refractivity contribution in [1.82, 2.24) is 0 Å². The Balaban J connectivity index is 2.05. The number of hydrogen-bond acceptors (Lipinski definition) is 2. The molecule has 2 nitrogen and oxygen atoms in total. The van der Waals surface area contributed by atoms with E-state index in [1.165, 1.54) is 0 Å². The lowest BCUT2D eigenvalue weighted by Gasteiger charge is -2.14. The number of para-hydroxylation sites is 2. The van der Waals surface area contributed by atoms with Crippen LogP contribution in [-0.4, -0.2) is 6.10 Å². The van der Waals surface area contributed by atoms with Crippen LogP contribution in [0.15, 0.2) is 54.6 Å². The third-order valence-electron chi connectivity index (χ3n) is 2.33. The molecule has 0 aliphatic carbocycles. The number of rotatable bonds is 5. The average molecular weight is 241 g/mol. The Morgan fingerprint density at radius 1 is 0.833 bits per heavy atom. The number of hydrogen-bond donors (Lipinski definition) is 0. The van der Waals surface area contributed by atoms with Crippen molar-refractivity contribution in [1.29, 1.82) is 0 Å². The third-order valence-corrected chi connectivity index (χ3v) is 2.33. The molecule has 2 rings (SSSR count). The van der Waals surface area contributed by atoms with Gasteiger partial charge in [0.1, 0.15) is 0 Å². The van der Waals surface area contributed by atoms with Crippen molar-refractivity contribution >= 4 is 0 Å². The quantitative estimate of drug-likeness (QED) is 0.785. The molecule has 18 heavy (non-hydrogen) atoms. The summed E-state index contributed by atoms with van der Waals surface area (Å²) in [4.78, 5) is 0. The zero-order chi connectivity index (χ0) is 12.8. The van der Waals surface area contributed by atoms with Crippen LogP contribution in [0.25, 0.3) is 0 Å². The summed E-state index contributed by atoms with van der Waals surface area (Å²) < 4.78 is 11.4. The van der Waals surface area contributed by atoms with Crippen molar-refractivity contribution < 1.29 is 9.47 Å². The fraction of sp³-hybridized carbons (Fsp3) is 0.188. The fourth-order valence-electron chi connectivity index (χ4n) is 1.56. The van der Waals surface area contributed by atoms with E-state index in [2.05, 4.69) is 0 Å². The predicted molar refractivity (Wildman–Crippen MR) is 72.7 cm³/mol. The highest BCUT2D eigenvalue weighted by Gasteiger charge is 2.06. The van der Waals surface area contributed by atoms with Crippen molar-refractivity contribution in [3.8, 4) is 11.5 Å². The summed E-state index contributed by atoms with van der Waals surface area (Å²) in [5, 5.41) is 0. The molecule has 0 unspecified atom stereocenters. The van der Waals surface area contributed by atoms with E-state index in [0.29, 0.717) is 0 Å². The van der Waals surface area contributed by atoms with Crippen LogP contribution in [0.2, 0.25) is 0 Å². The van der Waals surface area contributed by atoms with Crippen molar-refractivity contribution in [2.24, 2.45) is 0 Å². The van der Waals surface area contributed by atoms with Gasteiger partial charge in [0.05, 0.1) is 6.10 Å². The minimum absolute atomic E-state index is 0.131. The molecule has 0 fully saturated rings. The van der Waals surface area contributed by atoms with Gasteiger partial charge in [0.25, 0.3) is 0 Å². The maximum Gasteiger partial charge on any atom is 0.165 e. The molecule has 2 aromatic carbocycles. The topological polar surface area (TPSA) is 18.5 Å². The number of ether oxygens (including phenoxy) is 2. The van der Waals surface area contributed by atoms with Gasteiger partial charge in [-0.25, -0.2) is 0 Å². The van der Waals surface area contributed by atoms with Crippen LogP contribution in [0.4, 0.5) is 0 Å². The summed E-state index contributed by atoms with van der Waals surface area (Å²) in [6.07, 6.45) is 0.131. The molecular weight excluding hydrogens is 224 g/mol. The lowest BCUT2D eigenvalue weighted by molar-refractivity contribution is 0.231. The van der Waals surface area contributed by atoms with Gasteiger partial charge in [-0.15, -0.1) is 0 Å². The Kier molecular flexibility index (Phi) is 4.24. The molecule has 0 atom stereocenters. The van der Waals surface area contributed by atoms with E-state index in [4.69, 9.17) is 9.47 Å². The van der Waals surface area contributed by atoms with Crippen molar-refractivity contribution in [2.45, 2.75) is 20.0 Å². The Labute approximate surface area is 108 Å². The molecule has 0 saturated heterocycles. The van der Waals surface area contributed by atoms with E-state index in [9.17, 15) is 0 Å². The molecule has 0 saturated carbocycles. The summed E-state index contributed by atoms with van der Waals surface area (Å²) >= 11 is 0. The van der Waals surface area contributed by atoms with Gasteiger partial charge in [-0.3, -0.25) is 0 Å². The predicted octanol–water partition coefficient (Wildman–Crippen LogP) is 4.06. The number of benzene rings is 2. The summed E-state index contributed by atoms with van der Waals surface area (Å²) in [6, 6.07) is 17.6. The SMILES string of the molecule is CC(C)Oc1ccccc1O[CH]c1ccccc1. The molecule has 2 heteroatoms. The minimum atomic E-state index is 0.131. The molecule has 0 spiro atoms. The molecule has 0 N–H and O–H groups in total. The standard InChI is InChI=1S/C16H17O2/c1-13(2)18-16-11-7-6-10-15(16)17-12-14-8-4-3-5-9-14/h3-13H,1-2H3. The summed E-state index contributed by atoms with van der Waals surface area (Å²) in [5.74, 6) is 1.50. The van der Waals surface area contributed by atoms with E-state index in [1.54, 1.807) is 6.61 Å². The third kappa shape index (κ3) is 3.52. The van der Waals surface area contributed by atoms with Crippen LogP contribution in [-0.2, 0) is 0 Å². The normalized spacial score (nSPS) is 10.4. The second kappa shape index (κ2) is 6.10. The molecule has 0 aromatic heterocycles. The van der Waals surface area contributed by atoms with E-state index in [0.717, 1.165) is 17.1 Å². The van der Waals surface area contributed by atoms with E-state index in [-0.39, 0.29) is 6.10 Å². The second-order valence-corrected chi connectivity index (χ2v) is 4.26. The Morgan fingerprint density at radius 2 is 1.44 bits per heavy atom. The van der Waals surface area contributed by atoms with Crippen LogP contribution in [0.3, 0.4) is 0 Å². The Bertz CT molecular complexity index is 477. The first-order chi connectivity index (χ1) is 8.75. The smallest absolute Gasteiger partial charge is 0.165 e. The molecule has 0 heterocycles. The molecular formula is C16H17O2. The zero-order valence-electron chi connectivity index (χ0n) is 10.7. The summed E-state index contributed by atoms with van der Waals surface area (Å²) in [6.45, 7) is 5.72. The van der Waals surface area contributed by atoms with Crippen LogP contribution in [0.5, 0.6) is 11.5 Å². The maximum absolute atomic E-state index is 5.69. The van der Waals surface area contributed by atoms with Crippen LogP contribution in [0.1, 0.15) is 19.4 Å². The van der Waals surface area contributed by atoms with E-state index in [1.807, 2.05) is 68.4 Å². The highest BCUT2D eigenvalue weighted by Crippen LogP contribution is 2.28. The molecule has 0 aliphatic heterocycles. The summed E-state index contributed by atoms with van der Waals surface area (Å²) in [7, 11) is 0. The molecule has 0 bridgehead atoms. The van der Waals surface area contributed by atoms with Crippen LogP contribution < -0.4 is 9.47 Å². The van der Waals surface area contributed by atoms with Crippen molar-refractivity contribution in [3.63, 3.8) is 0 Å². The lowest BCUT2D eigenvalue weighted by atomic mass is 10.2. The van der Waals surface area contributed by atoms with Gasteiger partial charge < -0.3 is 9.47 Å². The summed E-state index contributed by atoms with van der Waals surface area (Å²) in [5.41, 5.74) is 1.02. The van der Waals surface area contributed by atoms with Gasteiger partial charge in [-0.2, -0.15) is 0 Å². The first-order valence-electron chi connectivity index (χ1n) is 6.06. The first kappa shape index (κ1) is 12.5. The minimum Gasteiger partial charge on any atom is -0.487 e. The lowest BCUT2D eigenvalue weighted by Crippen LogP contribution is -2.06. The maximum atomic E-state index is 5.69. The van der Waals surface area contributed by atoms with Gasteiger partial charge in [0.15, 0.2) is 18.1 Å². The monoisotopic (exact) mass is 241 g/mol. The fourth-order valence-corrected chi connectivity index (χ4v) is 1.56. The van der Waals surface area contributed by atoms with Gasteiger partial charge in [0, 0.05) is 0 Å². The molecule has 0 amide bonds. The molecule has 0 aliphatic rings.